The van der Waals surface area contributed by atoms with Crippen molar-refractivity contribution in [2.45, 2.75) is 33.4 Å². The molecule has 0 fully saturated rings. The van der Waals surface area contributed by atoms with Crippen LogP contribution < -0.4 is 5.32 Å². The lowest BCUT2D eigenvalue weighted by atomic mass is 10.1. The highest BCUT2D eigenvalue weighted by Gasteiger charge is 2.12. The minimum atomic E-state index is -0.0997. The fraction of sp³-hybridized carbons (Fsp3) is 0.278. The van der Waals surface area contributed by atoms with E-state index in [-0.39, 0.29) is 5.91 Å². The lowest BCUT2D eigenvalue weighted by Crippen LogP contribution is -2.16. The largest absolute Gasteiger partial charge is 0.308 e. The average molecular weight is 481 g/mol. The van der Waals surface area contributed by atoms with Crippen LogP contribution in [0.3, 0.4) is 0 Å². The predicted molar refractivity (Wildman–Crippen MR) is 108 cm³/mol. The van der Waals surface area contributed by atoms with Crippen molar-refractivity contribution in [3.63, 3.8) is 0 Å². The number of hydrogen-bond acceptors (Lipinski definition) is 3. The zero-order valence-electron chi connectivity index (χ0n) is 14.5. The highest BCUT2D eigenvalue weighted by Crippen LogP contribution is 2.21. The van der Waals surface area contributed by atoms with Crippen LogP contribution in [-0.2, 0) is 17.9 Å². The summed E-state index contributed by atoms with van der Waals surface area (Å²) in [5.41, 5.74) is 3.38. The zero-order chi connectivity index (χ0) is 18.7. The normalized spacial score (nSPS) is 10.9. The summed E-state index contributed by atoms with van der Waals surface area (Å²) < 4.78 is 5.31. The molecule has 2 heterocycles. The first kappa shape index (κ1) is 18.8. The van der Waals surface area contributed by atoms with Crippen LogP contribution in [0.5, 0.6) is 0 Å². The van der Waals surface area contributed by atoms with Crippen LogP contribution in [0.15, 0.2) is 45.6 Å². The quantitative estimate of drug-likeness (QED) is 0.572. The van der Waals surface area contributed by atoms with Gasteiger partial charge in [0.2, 0.25) is 5.91 Å². The molecule has 0 saturated carbocycles. The average Bonchev–Trinajstić information content (AvgIpc) is 3.11. The fourth-order valence-corrected chi connectivity index (χ4v) is 3.21. The Kier molecular flexibility index (Phi) is 5.93. The van der Waals surface area contributed by atoms with E-state index >= 15 is 0 Å². The highest BCUT2D eigenvalue weighted by atomic mass is 79.9. The molecule has 136 valence electrons. The summed E-state index contributed by atoms with van der Waals surface area (Å²) in [5.74, 6) is 0.429. The predicted octanol–water partition coefficient (Wildman–Crippen LogP) is 4.30. The van der Waals surface area contributed by atoms with Crippen LogP contribution in [0.25, 0.3) is 0 Å². The van der Waals surface area contributed by atoms with Crippen LogP contribution in [-0.4, -0.2) is 25.5 Å². The van der Waals surface area contributed by atoms with Gasteiger partial charge in [0.25, 0.3) is 0 Å². The summed E-state index contributed by atoms with van der Waals surface area (Å²) in [6.45, 7) is 5.18. The number of benzene rings is 1. The second-order valence-electron chi connectivity index (χ2n) is 6.11. The first-order valence-electron chi connectivity index (χ1n) is 8.18. The van der Waals surface area contributed by atoms with E-state index in [1.54, 1.807) is 15.6 Å². The molecule has 2 aromatic heterocycles. The van der Waals surface area contributed by atoms with Gasteiger partial charge in [-0.2, -0.15) is 10.2 Å². The Hall–Kier alpha value is -1.93. The van der Waals surface area contributed by atoms with E-state index in [2.05, 4.69) is 78.6 Å². The van der Waals surface area contributed by atoms with E-state index in [9.17, 15) is 4.79 Å². The van der Waals surface area contributed by atoms with Crippen molar-refractivity contribution in [3.05, 3.63) is 62.4 Å². The number of carbonyl (C=O) groups excluding carboxylic acids is 1. The maximum atomic E-state index is 12.2. The van der Waals surface area contributed by atoms with Crippen LogP contribution in [0.2, 0.25) is 0 Å². The van der Waals surface area contributed by atoms with Crippen LogP contribution in [0.1, 0.15) is 23.2 Å². The Bertz CT molecular complexity index is 914. The minimum absolute atomic E-state index is 0.0997. The third-order valence-corrected chi connectivity index (χ3v) is 5.39. The fourth-order valence-electron chi connectivity index (χ4n) is 2.49. The van der Waals surface area contributed by atoms with Crippen LogP contribution >= 0.6 is 31.9 Å². The van der Waals surface area contributed by atoms with Crippen molar-refractivity contribution >= 4 is 43.6 Å². The molecule has 0 aliphatic heterocycles. The molecule has 0 radical (unpaired) electrons. The Morgan fingerprint density at radius 2 is 1.88 bits per heavy atom. The molecular weight excluding hydrogens is 462 g/mol. The molecule has 8 heteroatoms. The van der Waals surface area contributed by atoms with Gasteiger partial charge < -0.3 is 5.32 Å². The van der Waals surface area contributed by atoms with Crippen molar-refractivity contribution in [1.82, 2.24) is 19.6 Å². The molecule has 3 aromatic rings. The highest BCUT2D eigenvalue weighted by molar-refractivity contribution is 9.10. The summed E-state index contributed by atoms with van der Waals surface area (Å²) in [5, 5.41) is 11.5. The molecule has 0 aliphatic rings. The van der Waals surface area contributed by atoms with Crippen molar-refractivity contribution in [2.75, 3.05) is 5.32 Å². The summed E-state index contributed by atoms with van der Waals surface area (Å²) in [6, 6.07) is 8.31. The first-order chi connectivity index (χ1) is 12.4. The maximum absolute atomic E-state index is 12.2. The van der Waals surface area contributed by atoms with Crippen LogP contribution in [0, 0.1) is 13.8 Å². The number of halogens is 2. The maximum Gasteiger partial charge on any atom is 0.227 e. The molecule has 0 atom stereocenters. The van der Waals surface area contributed by atoms with Crippen molar-refractivity contribution in [3.8, 4) is 0 Å². The number of aryl methyl sites for hydroxylation is 2. The van der Waals surface area contributed by atoms with E-state index in [1.807, 2.05) is 13.1 Å². The summed E-state index contributed by atoms with van der Waals surface area (Å²) in [7, 11) is 0. The van der Waals surface area contributed by atoms with Gasteiger partial charge in [0, 0.05) is 18.3 Å². The van der Waals surface area contributed by atoms with E-state index in [1.165, 1.54) is 5.56 Å². The molecule has 0 saturated heterocycles. The number of anilines is 1. The third kappa shape index (κ3) is 4.62. The SMILES string of the molecule is Cc1ccc(Cn2cc(Br)c(NC(=O)CCn3ncc(Br)c3C)n2)cc1. The Morgan fingerprint density at radius 1 is 1.15 bits per heavy atom. The summed E-state index contributed by atoms with van der Waals surface area (Å²) >= 11 is 6.88. The van der Waals surface area contributed by atoms with E-state index in [0.29, 0.717) is 25.3 Å². The van der Waals surface area contributed by atoms with Gasteiger partial charge in [-0.1, -0.05) is 29.8 Å². The van der Waals surface area contributed by atoms with E-state index in [4.69, 9.17) is 0 Å². The number of carbonyl (C=O) groups is 1. The van der Waals surface area contributed by atoms with Gasteiger partial charge >= 0.3 is 0 Å². The van der Waals surface area contributed by atoms with E-state index in [0.717, 1.165) is 20.2 Å². The van der Waals surface area contributed by atoms with Crippen molar-refractivity contribution in [1.29, 1.82) is 0 Å². The molecular formula is C18H19Br2N5O. The number of rotatable bonds is 6. The van der Waals surface area contributed by atoms with Gasteiger partial charge in [-0.15, -0.1) is 0 Å². The smallest absolute Gasteiger partial charge is 0.227 e. The molecule has 0 spiro atoms. The van der Waals surface area contributed by atoms with Crippen LogP contribution in [0.4, 0.5) is 5.82 Å². The van der Waals surface area contributed by atoms with Gasteiger partial charge in [-0.3, -0.25) is 14.2 Å². The van der Waals surface area contributed by atoms with E-state index < -0.39 is 0 Å². The number of nitrogens with one attached hydrogen (secondary N) is 1. The molecule has 3 rings (SSSR count). The number of amides is 1. The van der Waals surface area contributed by atoms with Gasteiger partial charge in [0.05, 0.1) is 28.2 Å². The van der Waals surface area contributed by atoms with Crippen molar-refractivity contribution in [2.24, 2.45) is 0 Å². The molecule has 0 aliphatic carbocycles. The standard InChI is InChI=1S/C18H19Br2N5O/c1-12-3-5-14(6-4-12)10-24-11-16(20)18(23-24)22-17(26)7-8-25-13(2)15(19)9-21-25/h3-6,9,11H,7-8,10H2,1-2H3,(H,22,23,26). The Balaban J connectivity index is 1.59. The molecule has 1 amide bonds. The number of nitrogens with zero attached hydrogens (tertiary/aromatic N) is 4. The first-order valence-corrected chi connectivity index (χ1v) is 9.77. The monoisotopic (exact) mass is 479 g/mol. The lowest BCUT2D eigenvalue weighted by Gasteiger charge is -2.05. The van der Waals surface area contributed by atoms with Crippen molar-refractivity contribution < 1.29 is 4.79 Å². The van der Waals surface area contributed by atoms with Gasteiger partial charge in [-0.05, 0) is 51.3 Å². The van der Waals surface area contributed by atoms with Gasteiger partial charge in [0.1, 0.15) is 0 Å². The van der Waals surface area contributed by atoms with Gasteiger partial charge in [-0.25, -0.2) is 0 Å². The molecule has 0 bridgehead atoms. The second-order valence-corrected chi connectivity index (χ2v) is 7.82. The Labute approximate surface area is 168 Å². The molecule has 1 aromatic carbocycles. The number of aromatic nitrogens is 4. The second kappa shape index (κ2) is 8.18. The third-order valence-electron chi connectivity index (χ3n) is 4.03. The summed E-state index contributed by atoms with van der Waals surface area (Å²) in [4.78, 5) is 12.2. The lowest BCUT2D eigenvalue weighted by molar-refractivity contribution is -0.116. The molecule has 6 nitrogen and oxygen atoms in total. The number of hydrogen-bond donors (Lipinski definition) is 1. The van der Waals surface area contributed by atoms with Gasteiger partial charge in [0.15, 0.2) is 5.82 Å². The molecule has 0 unspecified atom stereocenters. The Morgan fingerprint density at radius 3 is 2.54 bits per heavy atom. The molecule has 26 heavy (non-hydrogen) atoms. The molecule has 1 N–H and O–H groups in total. The zero-order valence-corrected chi connectivity index (χ0v) is 17.7. The minimum Gasteiger partial charge on any atom is -0.308 e. The summed E-state index contributed by atoms with van der Waals surface area (Å²) in [6.07, 6.45) is 3.92. The topological polar surface area (TPSA) is 64.7 Å².